The topological polar surface area (TPSA) is 79.9 Å². The molecular formula is C19H18N4O2S. The standard InChI is InChI=1S/C19H18N4O2S/c1-25-11-10-23-17-9-5-4-8-16(17)22-19(23)26-13-18(24)21-15-7-3-2-6-14(15)12-20/h2-9H,10-11,13H2,1H3,(H,21,24). The number of carbonyl (C=O) groups excluding carboxylic acids is 1. The zero-order valence-corrected chi connectivity index (χ0v) is 15.1. The number of nitrogens with one attached hydrogen (secondary N) is 1. The number of methoxy groups -OCH3 is 1. The molecule has 0 atom stereocenters. The van der Waals surface area contributed by atoms with Gasteiger partial charge in [-0.05, 0) is 24.3 Å². The number of rotatable bonds is 7. The van der Waals surface area contributed by atoms with Crippen LogP contribution in [0.15, 0.2) is 53.7 Å². The molecule has 3 rings (SSSR count). The highest BCUT2D eigenvalue weighted by Crippen LogP contribution is 2.24. The Morgan fingerprint density at radius 3 is 2.85 bits per heavy atom. The lowest BCUT2D eigenvalue weighted by Crippen LogP contribution is -2.15. The highest BCUT2D eigenvalue weighted by Gasteiger charge is 2.13. The van der Waals surface area contributed by atoms with E-state index in [1.165, 1.54) is 11.8 Å². The van der Waals surface area contributed by atoms with E-state index >= 15 is 0 Å². The maximum absolute atomic E-state index is 12.3. The molecule has 0 spiro atoms. The van der Waals surface area contributed by atoms with Crippen LogP contribution in [0.4, 0.5) is 5.69 Å². The monoisotopic (exact) mass is 366 g/mol. The largest absolute Gasteiger partial charge is 0.383 e. The van der Waals surface area contributed by atoms with E-state index in [9.17, 15) is 4.79 Å². The number of thioether (sulfide) groups is 1. The number of aromatic nitrogens is 2. The predicted molar refractivity (Wildman–Crippen MR) is 102 cm³/mol. The molecule has 0 unspecified atom stereocenters. The summed E-state index contributed by atoms with van der Waals surface area (Å²) in [6.07, 6.45) is 0. The van der Waals surface area contributed by atoms with Gasteiger partial charge in [-0.15, -0.1) is 0 Å². The smallest absolute Gasteiger partial charge is 0.234 e. The van der Waals surface area contributed by atoms with Gasteiger partial charge >= 0.3 is 0 Å². The average Bonchev–Trinajstić information content (AvgIpc) is 3.02. The van der Waals surface area contributed by atoms with Gasteiger partial charge < -0.3 is 14.6 Å². The molecule has 1 amide bonds. The first kappa shape index (κ1) is 18.0. The number of carbonyl (C=O) groups is 1. The maximum atomic E-state index is 12.3. The molecule has 0 fully saturated rings. The number of amides is 1. The molecule has 0 aliphatic rings. The van der Waals surface area contributed by atoms with Crippen LogP contribution in [0.25, 0.3) is 11.0 Å². The van der Waals surface area contributed by atoms with Gasteiger partial charge in [-0.1, -0.05) is 36.0 Å². The fraction of sp³-hybridized carbons (Fsp3) is 0.211. The van der Waals surface area contributed by atoms with E-state index in [2.05, 4.69) is 20.9 Å². The van der Waals surface area contributed by atoms with E-state index in [0.717, 1.165) is 16.2 Å². The molecule has 0 aliphatic heterocycles. The SMILES string of the molecule is COCCn1c(SCC(=O)Nc2ccccc2C#N)nc2ccccc21. The Labute approximate surface area is 155 Å². The first-order valence-electron chi connectivity index (χ1n) is 8.09. The van der Waals surface area contributed by atoms with Crippen LogP contribution in [0.2, 0.25) is 0 Å². The second-order valence-corrected chi connectivity index (χ2v) is 6.46. The van der Waals surface area contributed by atoms with E-state index < -0.39 is 0 Å². The number of ether oxygens (including phenoxy) is 1. The number of nitriles is 1. The number of hydrogen-bond donors (Lipinski definition) is 1. The molecule has 132 valence electrons. The molecule has 0 saturated heterocycles. The third-order valence-electron chi connectivity index (χ3n) is 3.79. The number of anilines is 1. The van der Waals surface area contributed by atoms with E-state index in [4.69, 9.17) is 10.00 Å². The van der Waals surface area contributed by atoms with Crippen LogP contribution in [0.3, 0.4) is 0 Å². The number of nitrogens with zero attached hydrogens (tertiary/aromatic N) is 3. The Bertz CT molecular complexity index is 962. The molecule has 1 heterocycles. The zero-order chi connectivity index (χ0) is 18.4. The van der Waals surface area contributed by atoms with Gasteiger partial charge in [0.25, 0.3) is 0 Å². The lowest BCUT2D eigenvalue weighted by atomic mass is 10.2. The molecule has 0 aliphatic carbocycles. The minimum absolute atomic E-state index is 0.178. The molecule has 1 aromatic heterocycles. The van der Waals surface area contributed by atoms with Gasteiger partial charge in [-0.3, -0.25) is 4.79 Å². The highest BCUT2D eigenvalue weighted by atomic mass is 32.2. The first-order valence-corrected chi connectivity index (χ1v) is 9.07. The highest BCUT2D eigenvalue weighted by molar-refractivity contribution is 7.99. The first-order chi connectivity index (χ1) is 12.7. The summed E-state index contributed by atoms with van der Waals surface area (Å²) in [5.41, 5.74) is 2.87. The van der Waals surface area contributed by atoms with Crippen molar-refractivity contribution in [1.82, 2.24) is 9.55 Å². The second-order valence-electron chi connectivity index (χ2n) is 5.52. The summed E-state index contributed by atoms with van der Waals surface area (Å²) >= 11 is 1.37. The van der Waals surface area contributed by atoms with Crippen molar-refractivity contribution < 1.29 is 9.53 Å². The van der Waals surface area contributed by atoms with Crippen molar-refractivity contribution in [3.8, 4) is 6.07 Å². The van der Waals surface area contributed by atoms with Gasteiger partial charge in [-0.25, -0.2) is 4.98 Å². The molecule has 26 heavy (non-hydrogen) atoms. The second kappa shape index (κ2) is 8.52. The Morgan fingerprint density at radius 1 is 1.27 bits per heavy atom. The van der Waals surface area contributed by atoms with Crippen molar-refractivity contribution in [2.24, 2.45) is 0 Å². The minimum atomic E-state index is -0.178. The van der Waals surface area contributed by atoms with Gasteiger partial charge in [0.15, 0.2) is 5.16 Å². The van der Waals surface area contributed by atoms with Crippen molar-refractivity contribution in [3.05, 3.63) is 54.1 Å². The molecule has 0 bridgehead atoms. The molecule has 7 heteroatoms. The number of benzene rings is 2. The number of fused-ring (bicyclic) bond motifs is 1. The summed E-state index contributed by atoms with van der Waals surface area (Å²) < 4.78 is 7.24. The lowest BCUT2D eigenvalue weighted by molar-refractivity contribution is -0.113. The van der Waals surface area contributed by atoms with Gasteiger partial charge in [0, 0.05) is 13.7 Å². The van der Waals surface area contributed by atoms with Gasteiger partial charge in [-0.2, -0.15) is 5.26 Å². The lowest BCUT2D eigenvalue weighted by Gasteiger charge is -2.09. The molecule has 1 N–H and O–H groups in total. The quantitative estimate of drug-likeness (QED) is 0.649. The fourth-order valence-corrected chi connectivity index (χ4v) is 3.41. The van der Waals surface area contributed by atoms with Crippen LogP contribution < -0.4 is 5.32 Å². The van der Waals surface area contributed by atoms with Crippen molar-refractivity contribution in [2.75, 3.05) is 24.8 Å². The summed E-state index contributed by atoms with van der Waals surface area (Å²) in [7, 11) is 1.66. The number of imidazole rings is 1. The Kier molecular flexibility index (Phi) is 5.89. The third kappa shape index (κ3) is 4.04. The van der Waals surface area contributed by atoms with Gasteiger partial charge in [0.1, 0.15) is 6.07 Å². The molecule has 0 radical (unpaired) electrons. The van der Waals surface area contributed by atoms with Crippen molar-refractivity contribution >= 4 is 34.4 Å². The van der Waals surface area contributed by atoms with Gasteiger partial charge in [0.05, 0.1) is 34.6 Å². The Hall–Kier alpha value is -2.82. The Morgan fingerprint density at radius 2 is 2.04 bits per heavy atom. The third-order valence-corrected chi connectivity index (χ3v) is 4.77. The molecular weight excluding hydrogens is 348 g/mol. The number of hydrogen-bond acceptors (Lipinski definition) is 5. The zero-order valence-electron chi connectivity index (χ0n) is 14.3. The molecule has 3 aromatic rings. The maximum Gasteiger partial charge on any atom is 0.234 e. The van der Waals surface area contributed by atoms with E-state index in [1.54, 1.807) is 31.4 Å². The fourth-order valence-electron chi connectivity index (χ4n) is 2.57. The average molecular weight is 366 g/mol. The van der Waals surface area contributed by atoms with Crippen LogP contribution in [0.5, 0.6) is 0 Å². The summed E-state index contributed by atoms with van der Waals surface area (Å²) in [4.78, 5) is 16.9. The molecule has 6 nitrogen and oxygen atoms in total. The van der Waals surface area contributed by atoms with E-state index in [0.29, 0.717) is 24.4 Å². The minimum Gasteiger partial charge on any atom is -0.383 e. The summed E-state index contributed by atoms with van der Waals surface area (Å²) in [5.74, 6) is 0.0267. The van der Waals surface area contributed by atoms with Crippen LogP contribution in [-0.2, 0) is 16.1 Å². The van der Waals surface area contributed by atoms with Crippen molar-refractivity contribution in [1.29, 1.82) is 5.26 Å². The van der Waals surface area contributed by atoms with E-state index in [-0.39, 0.29) is 11.7 Å². The van der Waals surface area contributed by atoms with Crippen molar-refractivity contribution in [2.45, 2.75) is 11.7 Å². The van der Waals surface area contributed by atoms with E-state index in [1.807, 2.05) is 24.3 Å². The normalized spacial score (nSPS) is 10.6. The predicted octanol–water partition coefficient (Wildman–Crippen LogP) is 3.29. The van der Waals surface area contributed by atoms with Crippen LogP contribution in [0.1, 0.15) is 5.56 Å². The van der Waals surface area contributed by atoms with Crippen LogP contribution in [-0.4, -0.2) is 34.9 Å². The summed E-state index contributed by atoms with van der Waals surface area (Å²) in [6.45, 7) is 1.23. The van der Waals surface area contributed by atoms with Crippen LogP contribution >= 0.6 is 11.8 Å². The van der Waals surface area contributed by atoms with Crippen molar-refractivity contribution in [3.63, 3.8) is 0 Å². The Balaban J connectivity index is 1.73. The number of para-hydroxylation sites is 3. The summed E-state index contributed by atoms with van der Waals surface area (Å²) in [6, 6.07) is 16.9. The summed E-state index contributed by atoms with van der Waals surface area (Å²) in [5, 5.41) is 12.7. The molecule has 2 aromatic carbocycles. The molecule has 0 saturated carbocycles. The van der Waals surface area contributed by atoms with Gasteiger partial charge in [0.2, 0.25) is 5.91 Å². The van der Waals surface area contributed by atoms with Crippen LogP contribution in [0, 0.1) is 11.3 Å².